The third-order valence-corrected chi connectivity index (χ3v) is 2.27. The molecular weight excluding hydrogens is 198 g/mol. The lowest BCUT2D eigenvalue weighted by atomic mass is 10.2. The van der Waals surface area contributed by atoms with Crippen LogP contribution in [-0.4, -0.2) is 24.0 Å². The molecule has 0 aliphatic heterocycles. The predicted octanol–water partition coefficient (Wildman–Crippen LogP) is 1.33. The summed E-state index contributed by atoms with van der Waals surface area (Å²) in [5.74, 6) is 0.493. The molecule has 1 rings (SSSR count). The molecule has 1 amide bonds. The number of amides is 1. The molecule has 0 aliphatic carbocycles. The van der Waals surface area contributed by atoms with E-state index in [0.29, 0.717) is 12.5 Å². The number of hydrogen-bond acceptors (Lipinski definition) is 4. The highest BCUT2D eigenvalue weighted by atomic mass is 32.1. The van der Waals surface area contributed by atoms with E-state index in [0.717, 1.165) is 11.7 Å². The van der Waals surface area contributed by atoms with Gasteiger partial charge in [-0.2, -0.15) is 0 Å². The van der Waals surface area contributed by atoms with E-state index >= 15 is 0 Å². The van der Waals surface area contributed by atoms with Crippen molar-refractivity contribution >= 4 is 22.4 Å². The van der Waals surface area contributed by atoms with Crippen LogP contribution in [0, 0.1) is 5.92 Å². The quantitative estimate of drug-likeness (QED) is 0.775. The highest BCUT2D eigenvalue weighted by Crippen LogP contribution is 2.08. The second-order valence-electron chi connectivity index (χ2n) is 3.39. The largest absolute Gasteiger partial charge is 0.354 e. The van der Waals surface area contributed by atoms with Gasteiger partial charge in [0, 0.05) is 18.1 Å². The SMILES string of the molecule is CC(C)CNC(=O)CNc1nccs1. The lowest BCUT2D eigenvalue weighted by Crippen LogP contribution is -2.32. The Kier molecular flexibility index (Phi) is 4.39. The van der Waals surface area contributed by atoms with Gasteiger partial charge in [-0.3, -0.25) is 4.79 Å². The standard InChI is InChI=1S/C9H15N3OS/c1-7(2)5-11-8(13)6-12-9-10-3-4-14-9/h3-4,7H,5-6H2,1-2H3,(H,10,12)(H,11,13). The van der Waals surface area contributed by atoms with Crippen LogP contribution in [-0.2, 0) is 4.79 Å². The van der Waals surface area contributed by atoms with E-state index in [1.807, 2.05) is 5.38 Å². The number of thiazole rings is 1. The van der Waals surface area contributed by atoms with Gasteiger partial charge in [-0.05, 0) is 5.92 Å². The predicted molar refractivity (Wildman–Crippen MR) is 58.5 cm³/mol. The number of carbonyl (C=O) groups is 1. The summed E-state index contributed by atoms with van der Waals surface area (Å²) < 4.78 is 0. The maximum absolute atomic E-state index is 11.2. The molecule has 0 aliphatic rings. The zero-order valence-corrected chi connectivity index (χ0v) is 9.23. The third kappa shape index (κ3) is 4.23. The average Bonchev–Trinajstić information content (AvgIpc) is 2.63. The molecule has 0 fully saturated rings. The Bertz CT molecular complexity index is 272. The highest BCUT2D eigenvalue weighted by Gasteiger charge is 2.02. The summed E-state index contributed by atoms with van der Waals surface area (Å²) in [5.41, 5.74) is 0. The molecule has 0 saturated carbocycles. The second kappa shape index (κ2) is 5.59. The van der Waals surface area contributed by atoms with Crippen molar-refractivity contribution in [1.29, 1.82) is 0 Å². The molecule has 0 spiro atoms. The Morgan fingerprint density at radius 2 is 2.43 bits per heavy atom. The Hall–Kier alpha value is -1.10. The average molecular weight is 213 g/mol. The molecule has 1 aromatic rings. The van der Waals surface area contributed by atoms with Crippen LogP contribution in [0.1, 0.15) is 13.8 Å². The first kappa shape index (κ1) is 11.0. The number of aromatic nitrogens is 1. The van der Waals surface area contributed by atoms with E-state index < -0.39 is 0 Å². The third-order valence-electron chi connectivity index (χ3n) is 1.54. The van der Waals surface area contributed by atoms with Crippen molar-refractivity contribution in [3.05, 3.63) is 11.6 Å². The van der Waals surface area contributed by atoms with Crippen LogP contribution in [0.3, 0.4) is 0 Å². The summed E-state index contributed by atoms with van der Waals surface area (Å²) in [7, 11) is 0. The van der Waals surface area contributed by atoms with Crippen LogP contribution in [0.15, 0.2) is 11.6 Å². The summed E-state index contributed by atoms with van der Waals surface area (Å²) in [5, 5.41) is 8.41. The topological polar surface area (TPSA) is 54.0 Å². The molecule has 0 aromatic carbocycles. The van der Waals surface area contributed by atoms with Crippen LogP contribution in [0.5, 0.6) is 0 Å². The van der Waals surface area contributed by atoms with Crippen molar-refractivity contribution in [3.63, 3.8) is 0 Å². The van der Waals surface area contributed by atoms with Crippen LogP contribution in [0.4, 0.5) is 5.13 Å². The van der Waals surface area contributed by atoms with Gasteiger partial charge in [0.2, 0.25) is 5.91 Å². The lowest BCUT2D eigenvalue weighted by molar-refractivity contribution is -0.119. The zero-order chi connectivity index (χ0) is 10.4. The van der Waals surface area contributed by atoms with Gasteiger partial charge >= 0.3 is 0 Å². The van der Waals surface area contributed by atoms with Gasteiger partial charge in [-0.25, -0.2) is 4.98 Å². The lowest BCUT2D eigenvalue weighted by Gasteiger charge is -2.07. The van der Waals surface area contributed by atoms with E-state index in [1.54, 1.807) is 6.20 Å². The molecule has 4 nitrogen and oxygen atoms in total. The summed E-state index contributed by atoms with van der Waals surface area (Å²) >= 11 is 1.49. The number of rotatable bonds is 5. The van der Waals surface area contributed by atoms with Gasteiger partial charge in [-0.1, -0.05) is 13.8 Å². The molecule has 78 valence electrons. The molecule has 2 N–H and O–H groups in total. The fraction of sp³-hybridized carbons (Fsp3) is 0.556. The van der Waals surface area contributed by atoms with Crippen molar-refractivity contribution < 1.29 is 4.79 Å². The minimum atomic E-state index is 0.00824. The Labute approximate surface area is 87.7 Å². The monoisotopic (exact) mass is 213 g/mol. The molecule has 14 heavy (non-hydrogen) atoms. The van der Waals surface area contributed by atoms with Gasteiger partial charge in [0.1, 0.15) is 0 Å². The molecule has 5 heteroatoms. The van der Waals surface area contributed by atoms with E-state index in [2.05, 4.69) is 29.5 Å². The number of carbonyl (C=O) groups excluding carboxylic acids is 1. The number of nitrogens with zero attached hydrogens (tertiary/aromatic N) is 1. The van der Waals surface area contributed by atoms with Crippen molar-refractivity contribution in [3.8, 4) is 0 Å². The molecule has 0 atom stereocenters. The molecule has 0 radical (unpaired) electrons. The Morgan fingerprint density at radius 3 is 3.00 bits per heavy atom. The van der Waals surface area contributed by atoms with Crippen LogP contribution in [0.25, 0.3) is 0 Å². The smallest absolute Gasteiger partial charge is 0.239 e. The molecule has 1 aromatic heterocycles. The van der Waals surface area contributed by atoms with E-state index in [4.69, 9.17) is 0 Å². The summed E-state index contributed by atoms with van der Waals surface area (Å²) in [6.45, 7) is 5.14. The number of nitrogens with one attached hydrogen (secondary N) is 2. The van der Waals surface area contributed by atoms with Gasteiger partial charge < -0.3 is 10.6 Å². The van der Waals surface area contributed by atoms with Gasteiger partial charge in [0.15, 0.2) is 5.13 Å². The van der Waals surface area contributed by atoms with Crippen molar-refractivity contribution in [2.75, 3.05) is 18.4 Å². The van der Waals surface area contributed by atoms with Crippen molar-refractivity contribution in [2.45, 2.75) is 13.8 Å². The molecular formula is C9H15N3OS. The molecule has 1 heterocycles. The summed E-state index contributed by atoms with van der Waals surface area (Å²) in [4.78, 5) is 15.3. The molecule has 0 saturated heterocycles. The van der Waals surface area contributed by atoms with Gasteiger partial charge in [0.05, 0.1) is 6.54 Å². The first-order chi connectivity index (χ1) is 6.68. The van der Waals surface area contributed by atoms with Gasteiger partial charge in [0.25, 0.3) is 0 Å². The zero-order valence-electron chi connectivity index (χ0n) is 8.41. The second-order valence-corrected chi connectivity index (χ2v) is 4.28. The molecule has 0 bridgehead atoms. The summed E-state index contributed by atoms with van der Waals surface area (Å²) in [6, 6.07) is 0. The fourth-order valence-corrected chi connectivity index (χ4v) is 1.37. The Morgan fingerprint density at radius 1 is 1.64 bits per heavy atom. The van der Waals surface area contributed by atoms with Crippen LogP contribution < -0.4 is 10.6 Å². The summed E-state index contributed by atoms with van der Waals surface area (Å²) in [6.07, 6.45) is 1.71. The van der Waals surface area contributed by atoms with Crippen molar-refractivity contribution in [1.82, 2.24) is 10.3 Å². The maximum Gasteiger partial charge on any atom is 0.239 e. The van der Waals surface area contributed by atoms with Crippen molar-refractivity contribution in [2.24, 2.45) is 5.92 Å². The van der Waals surface area contributed by atoms with Crippen LogP contribution in [0.2, 0.25) is 0 Å². The van der Waals surface area contributed by atoms with Crippen LogP contribution >= 0.6 is 11.3 Å². The Balaban J connectivity index is 2.15. The highest BCUT2D eigenvalue weighted by molar-refractivity contribution is 7.13. The van der Waals surface area contributed by atoms with Gasteiger partial charge in [-0.15, -0.1) is 11.3 Å². The molecule has 0 unspecified atom stereocenters. The van der Waals surface area contributed by atoms with E-state index in [9.17, 15) is 4.79 Å². The fourth-order valence-electron chi connectivity index (χ4n) is 0.847. The number of hydrogen-bond donors (Lipinski definition) is 2. The van der Waals surface area contributed by atoms with E-state index in [-0.39, 0.29) is 5.91 Å². The number of anilines is 1. The first-order valence-electron chi connectivity index (χ1n) is 4.58. The first-order valence-corrected chi connectivity index (χ1v) is 5.46. The maximum atomic E-state index is 11.2. The van der Waals surface area contributed by atoms with E-state index in [1.165, 1.54) is 11.3 Å². The minimum Gasteiger partial charge on any atom is -0.354 e. The normalized spacial score (nSPS) is 10.2. The minimum absolute atomic E-state index is 0.00824.